The van der Waals surface area contributed by atoms with Crippen molar-refractivity contribution in [2.24, 2.45) is 5.41 Å². The van der Waals surface area contributed by atoms with Gasteiger partial charge in [-0.2, -0.15) is 0 Å². The number of amides is 1. The van der Waals surface area contributed by atoms with Gasteiger partial charge in [-0.15, -0.1) is 0 Å². The molecule has 138 valence electrons. The first-order valence-corrected chi connectivity index (χ1v) is 9.09. The van der Waals surface area contributed by atoms with E-state index in [1.165, 1.54) is 5.56 Å². The third-order valence-corrected chi connectivity index (χ3v) is 5.44. The van der Waals surface area contributed by atoms with Crippen LogP contribution >= 0.6 is 0 Å². The van der Waals surface area contributed by atoms with Gasteiger partial charge in [0.05, 0.1) is 7.11 Å². The van der Waals surface area contributed by atoms with Gasteiger partial charge < -0.3 is 14.8 Å². The van der Waals surface area contributed by atoms with E-state index in [-0.39, 0.29) is 17.4 Å². The molecule has 26 heavy (non-hydrogen) atoms. The molecule has 4 heteroatoms. The molecule has 3 rings (SSSR count). The molecule has 0 spiro atoms. The minimum absolute atomic E-state index is 0.0799. The molecule has 2 aromatic rings. The van der Waals surface area contributed by atoms with Crippen LogP contribution in [0.5, 0.6) is 11.5 Å². The van der Waals surface area contributed by atoms with Crippen LogP contribution in [0.2, 0.25) is 0 Å². The zero-order valence-corrected chi connectivity index (χ0v) is 15.7. The third kappa shape index (κ3) is 3.85. The Morgan fingerprint density at radius 1 is 1.15 bits per heavy atom. The Kier molecular flexibility index (Phi) is 5.50. The van der Waals surface area contributed by atoms with Crippen molar-refractivity contribution in [2.45, 2.75) is 45.3 Å². The molecule has 2 atom stereocenters. The van der Waals surface area contributed by atoms with E-state index in [1.807, 2.05) is 36.4 Å². The van der Waals surface area contributed by atoms with Crippen LogP contribution in [0.4, 0.5) is 0 Å². The second kappa shape index (κ2) is 7.81. The largest absolute Gasteiger partial charge is 0.493 e. The number of rotatable bonds is 7. The van der Waals surface area contributed by atoms with E-state index >= 15 is 0 Å². The standard InChI is InChI=1S/C22H27NO3/c1-22(2)12-11-18(21(22)23-15-24)17-9-10-19(25-3)20(13-17)26-14-16-7-5-4-6-8-16/h4-10,13,15,18,21H,11-12,14H2,1-3H3,(H,23,24). The average molecular weight is 353 g/mol. The summed E-state index contributed by atoms with van der Waals surface area (Å²) in [6.45, 7) is 4.92. The van der Waals surface area contributed by atoms with E-state index in [4.69, 9.17) is 9.47 Å². The molecule has 4 nitrogen and oxygen atoms in total. The molecular weight excluding hydrogens is 326 g/mol. The Morgan fingerprint density at radius 3 is 2.62 bits per heavy atom. The fourth-order valence-corrected chi connectivity index (χ4v) is 3.94. The number of carbonyl (C=O) groups is 1. The van der Waals surface area contributed by atoms with Crippen molar-refractivity contribution < 1.29 is 14.3 Å². The van der Waals surface area contributed by atoms with E-state index in [0.29, 0.717) is 6.61 Å². The number of methoxy groups -OCH3 is 1. The summed E-state index contributed by atoms with van der Waals surface area (Å²) in [5.74, 6) is 1.74. The van der Waals surface area contributed by atoms with Gasteiger partial charge in [-0.3, -0.25) is 4.79 Å². The van der Waals surface area contributed by atoms with Gasteiger partial charge in [0, 0.05) is 12.0 Å². The molecule has 1 amide bonds. The minimum atomic E-state index is 0.0799. The van der Waals surface area contributed by atoms with Gasteiger partial charge in [0.25, 0.3) is 0 Å². The van der Waals surface area contributed by atoms with Gasteiger partial charge in [-0.1, -0.05) is 50.2 Å². The molecular formula is C22H27NO3. The van der Waals surface area contributed by atoms with Crippen LogP contribution in [0, 0.1) is 5.41 Å². The molecule has 1 saturated carbocycles. The maximum atomic E-state index is 11.1. The minimum Gasteiger partial charge on any atom is -0.493 e. The van der Waals surface area contributed by atoms with Crippen LogP contribution < -0.4 is 14.8 Å². The van der Waals surface area contributed by atoms with Crippen molar-refractivity contribution in [1.29, 1.82) is 0 Å². The number of nitrogens with one attached hydrogen (secondary N) is 1. The Labute approximate surface area is 155 Å². The molecule has 1 fully saturated rings. The molecule has 0 bridgehead atoms. The van der Waals surface area contributed by atoms with Crippen molar-refractivity contribution in [1.82, 2.24) is 5.32 Å². The highest BCUT2D eigenvalue weighted by Crippen LogP contribution is 2.47. The molecule has 0 saturated heterocycles. The number of benzene rings is 2. The van der Waals surface area contributed by atoms with Crippen LogP contribution in [0.25, 0.3) is 0 Å². The van der Waals surface area contributed by atoms with Crippen molar-refractivity contribution in [3.8, 4) is 11.5 Å². The lowest BCUT2D eigenvalue weighted by Gasteiger charge is -2.30. The summed E-state index contributed by atoms with van der Waals surface area (Å²) in [4.78, 5) is 11.1. The Hall–Kier alpha value is -2.49. The van der Waals surface area contributed by atoms with Gasteiger partial charge in [0.1, 0.15) is 6.61 Å². The molecule has 2 aromatic carbocycles. The zero-order valence-electron chi connectivity index (χ0n) is 15.7. The first-order chi connectivity index (χ1) is 12.5. The van der Waals surface area contributed by atoms with Gasteiger partial charge in [0.15, 0.2) is 11.5 Å². The molecule has 0 radical (unpaired) electrons. The van der Waals surface area contributed by atoms with Gasteiger partial charge in [-0.05, 0) is 41.5 Å². The number of hydrogen-bond acceptors (Lipinski definition) is 3. The average Bonchev–Trinajstić information content (AvgIpc) is 2.95. The Balaban J connectivity index is 1.83. The van der Waals surface area contributed by atoms with Crippen LogP contribution in [-0.2, 0) is 11.4 Å². The van der Waals surface area contributed by atoms with Crippen molar-refractivity contribution in [3.63, 3.8) is 0 Å². The summed E-state index contributed by atoms with van der Waals surface area (Å²) in [5, 5.41) is 3.04. The lowest BCUT2D eigenvalue weighted by Crippen LogP contribution is -2.40. The van der Waals surface area contributed by atoms with E-state index in [9.17, 15) is 4.79 Å². The van der Waals surface area contributed by atoms with Crippen LogP contribution in [0.3, 0.4) is 0 Å². The summed E-state index contributed by atoms with van der Waals surface area (Å²) < 4.78 is 11.5. The number of ether oxygens (including phenoxy) is 2. The number of carbonyl (C=O) groups excluding carboxylic acids is 1. The second-order valence-corrected chi connectivity index (χ2v) is 7.58. The first kappa shape index (κ1) is 18.3. The lowest BCUT2D eigenvalue weighted by molar-refractivity contribution is -0.110. The third-order valence-electron chi connectivity index (χ3n) is 5.44. The predicted molar refractivity (Wildman–Crippen MR) is 103 cm³/mol. The smallest absolute Gasteiger partial charge is 0.207 e. The maximum absolute atomic E-state index is 11.1. The lowest BCUT2D eigenvalue weighted by atomic mass is 9.82. The highest BCUT2D eigenvalue weighted by molar-refractivity contribution is 5.49. The SMILES string of the molecule is COc1ccc(C2CCC(C)(C)C2NC=O)cc1OCc1ccccc1. The quantitative estimate of drug-likeness (QED) is 0.755. The predicted octanol–water partition coefficient (Wildman–Crippen LogP) is 4.29. The highest BCUT2D eigenvalue weighted by Gasteiger charge is 2.42. The summed E-state index contributed by atoms with van der Waals surface area (Å²) >= 11 is 0. The molecule has 0 heterocycles. The molecule has 1 aliphatic rings. The monoisotopic (exact) mass is 353 g/mol. The van der Waals surface area contributed by atoms with Gasteiger partial charge >= 0.3 is 0 Å². The maximum Gasteiger partial charge on any atom is 0.207 e. The van der Waals surface area contributed by atoms with E-state index in [2.05, 4.69) is 31.3 Å². The fourth-order valence-electron chi connectivity index (χ4n) is 3.94. The van der Waals surface area contributed by atoms with Crippen LogP contribution in [-0.4, -0.2) is 19.6 Å². The van der Waals surface area contributed by atoms with Crippen LogP contribution in [0.1, 0.15) is 43.7 Å². The van der Waals surface area contributed by atoms with Crippen molar-refractivity contribution in [2.75, 3.05) is 7.11 Å². The summed E-state index contributed by atoms with van der Waals surface area (Å²) in [5.41, 5.74) is 2.37. The highest BCUT2D eigenvalue weighted by atomic mass is 16.5. The molecule has 1 aliphatic carbocycles. The van der Waals surface area contributed by atoms with Crippen molar-refractivity contribution in [3.05, 3.63) is 59.7 Å². The fraction of sp³-hybridized carbons (Fsp3) is 0.409. The number of hydrogen-bond donors (Lipinski definition) is 1. The Bertz CT molecular complexity index is 742. The Morgan fingerprint density at radius 2 is 1.92 bits per heavy atom. The first-order valence-electron chi connectivity index (χ1n) is 9.09. The van der Waals surface area contributed by atoms with Crippen molar-refractivity contribution >= 4 is 6.41 Å². The normalized spacial score (nSPS) is 21.2. The second-order valence-electron chi connectivity index (χ2n) is 7.58. The van der Waals surface area contributed by atoms with E-state index in [1.54, 1.807) is 7.11 Å². The van der Waals surface area contributed by atoms with E-state index < -0.39 is 0 Å². The van der Waals surface area contributed by atoms with Gasteiger partial charge in [0.2, 0.25) is 6.41 Å². The molecule has 1 N–H and O–H groups in total. The molecule has 0 aromatic heterocycles. The summed E-state index contributed by atoms with van der Waals surface area (Å²) in [6.07, 6.45) is 2.94. The zero-order chi connectivity index (χ0) is 18.6. The van der Waals surface area contributed by atoms with Gasteiger partial charge in [-0.25, -0.2) is 0 Å². The van der Waals surface area contributed by atoms with Crippen LogP contribution in [0.15, 0.2) is 48.5 Å². The topological polar surface area (TPSA) is 47.6 Å². The summed E-state index contributed by atoms with van der Waals surface area (Å²) in [6, 6.07) is 16.3. The molecule has 0 aliphatic heterocycles. The van der Waals surface area contributed by atoms with E-state index in [0.717, 1.165) is 36.3 Å². The summed E-state index contributed by atoms with van der Waals surface area (Å²) in [7, 11) is 1.65. The molecule has 2 unspecified atom stereocenters.